The lowest BCUT2D eigenvalue weighted by Gasteiger charge is -2.12. The molecule has 0 fully saturated rings. The summed E-state index contributed by atoms with van der Waals surface area (Å²) in [5, 5.41) is 3.38. The molecule has 1 aromatic carbocycles. The Morgan fingerprint density at radius 2 is 1.96 bits per heavy atom. The van der Waals surface area contributed by atoms with Crippen LogP contribution in [0.4, 0.5) is 0 Å². The van der Waals surface area contributed by atoms with Crippen molar-refractivity contribution in [3.05, 3.63) is 45.7 Å². The number of halogens is 2. The van der Waals surface area contributed by atoms with Crippen LogP contribution in [0.25, 0.3) is 0 Å². The van der Waals surface area contributed by atoms with Crippen LogP contribution in [-0.4, -0.2) is 30.1 Å². The summed E-state index contributed by atoms with van der Waals surface area (Å²) >= 11 is 11.9. The Balaban J connectivity index is 2.06. The van der Waals surface area contributed by atoms with Crippen LogP contribution in [0.2, 0.25) is 10.2 Å². The van der Waals surface area contributed by atoms with Gasteiger partial charge >= 0.3 is 0 Å². The van der Waals surface area contributed by atoms with Gasteiger partial charge in [0.15, 0.2) is 18.1 Å². The molecule has 1 aromatic heterocycles. The lowest BCUT2D eigenvalue weighted by atomic mass is 10.2. The third-order valence-corrected chi connectivity index (χ3v) is 4.24. The summed E-state index contributed by atoms with van der Waals surface area (Å²) in [5.41, 5.74) is 6.18. The molecule has 0 aliphatic rings. The molecule has 0 atom stereocenters. The zero-order valence-corrected chi connectivity index (χ0v) is 15.1. The number of nitrogens with zero attached hydrogens (tertiary/aromatic N) is 1. The molecule has 2 rings (SSSR count). The molecule has 134 valence electrons. The van der Waals surface area contributed by atoms with Gasteiger partial charge in [0.2, 0.25) is 0 Å². The van der Waals surface area contributed by atoms with E-state index in [0.29, 0.717) is 27.4 Å². The number of nitrogens with one attached hydrogen (secondary N) is 1. The van der Waals surface area contributed by atoms with Crippen LogP contribution in [0.1, 0.15) is 16.1 Å². The van der Waals surface area contributed by atoms with E-state index < -0.39 is 5.91 Å². The van der Waals surface area contributed by atoms with Crippen molar-refractivity contribution < 1.29 is 19.1 Å². The molecule has 2 amide bonds. The highest BCUT2D eigenvalue weighted by molar-refractivity contribution is 6.41. The standard InChI is InChI=1S/C16H17Cl2N3O4/c1-21-11(6-10(17)15(21)18)16(23)20-7-9-3-4-12(13(5-9)24-2)25-8-14(19)22/h3-6H,7-8H2,1-2H3,(H2,19,22)(H,20,23). The van der Waals surface area contributed by atoms with Crippen LogP contribution >= 0.6 is 23.2 Å². The summed E-state index contributed by atoms with van der Waals surface area (Å²) < 4.78 is 12.0. The van der Waals surface area contributed by atoms with Gasteiger partial charge in [-0.1, -0.05) is 29.3 Å². The number of benzene rings is 1. The first-order valence-electron chi connectivity index (χ1n) is 7.20. The van der Waals surface area contributed by atoms with Crippen molar-refractivity contribution in [1.29, 1.82) is 0 Å². The van der Waals surface area contributed by atoms with Gasteiger partial charge in [-0.05, 0) is 23.8 Å². The van der Waals surface area contributed by atoms with E-state index in [1.54, 1.807) is 25.2 Å². The van der Waals surface area contributed by atoms with Crippen molar-refractivity contribution in [2.45, 2.75) is 6.54 Å². The summed E-state index contributed by atoms with van der Waals surface area (Å²) in [6.45, 7) is 0.00710. The van der Waals surface area contributed by atoms with E-state index in [0.717, 1.165) is 5.56 Å². The maximum atomic E-state index is 12.2. The topological polar surface area (TPSA) is 95.6 Å². The predicted octanol–water partition coefficient (Wildman–Crippen LogP) is 2.13. The maximum Gasteiger partial charge on any atom is 0.268 e. The minimum atomic E-state index is -0.585. The Morgan fingerprint density at radius 3 is 2.52 bits per heavy atom. The Morgan fingerprint density at radius 1 is 1.24 bits per heavy atom. The smallest absolute Gasteiger partial charge is 0.268 e. The average molecular weight is 386 g/mol. The number of primary amides is 1. The summed E-state index contributed by atoms with van der Waals surface area (Å²) in [6.07, 6.45) is 0. The van der Waals surface area contributed by atoms with Crippen molar-refractivity contribution in [2.24, 2.45) is 12.8 Å². The maximum absolute atomic E-state index is 12.2. The normalized spacial score (nSPS) is 10.4. The Kier molecular flexibility index (Phi) is 6.17. The number of ether oxygens (including phenoxy) is 2. The highest BCUT2D eigenvalue weighted by Crippen LogP contribution is 2.28. The fraction of sp³-hybridized carbons (Fsp3) is 0.250. The zero-order chi connectivity index (χ0) is 18.6. The number of carbonyl (C=O) groups is 2. The zero-order valence-electron chi connectivity index (χ0n) is 13.6. The van der Waals surface area contributed by atoms with Gasteiger partial charge in [0, 0.05) is 13.6 Å². The largest absolute Gasteiger partial charge is 0.493 e. The molecule has 1 heterocycles. The molecule has 0 radical (unpaired) electrons. The van der Waals surface area contributed by atoms with E-state index in [4.69, 9.17) is 38.4 Å². The van der Waals surface area contributed by atoms with Crippen LogP contribution in [0.15, 0.2) is 24.3 Å². The molecule has 0 aliphatic carbocycles. The van der Waals surface area contributed by atoms with Gasteiger partial charge in [-0.3, -0.25) is 9.59 Å². The van der Waals surface area contributed by atoms with Crippen LogP contribution in [0.5, 0.6) is 11.5 Å². The lowest BCUT2D eigenvalue weighted by molar-refractivity contribution is -0.119. The van der Waals surface area contributed by atoms with Crippen LogP contribution < -0.4 is 20.5 Å². The number of carbonyl (C=O) groups excluding carboxylic acids is 2. The fourth-order valence-electron chi connectivity index (χ4n) is 2.12. The van der Waals surface area contributed by atoms with Gasteiger partial charge in [-0.15, -0.1) is 0 Å². The number of hydrogen-bond acceptors (Lipinski definition) is 4. The van der Waals surface area contributed by atoms with Crippen LogP contribution in [0.3, 0.4) is 0 Å². The number of nitrogens with two attached hydrogens (primary N) is 1. The number of amides is 2. The van der Waals surface area contributed by atoms with E-state index >= 15 is 0 Å². The van der Waals surface area contributed by atoms with Crippen LogP contribution in [-0.2, 0) is 18.4 Å². The lowest BCUT2D eigenvalue weighted by Crippen LogP contribution is -2.25. The quantitative estimate of drug-likeness (QED) is 0.762. The average Bonchev–Trinajstić information content (AvgIpc) is 2.85. The van der Waals surface area contributed by atoms with Crippen molar-refractivity contribution >= 4 is 35.0 Å². The van der Waals surface area contributed by atoms with Crippen molar-refractivity contribution in [1.82, 2.24) is 9.88 Å². The highest BCUT2D eigenvalue weighted by atomic mass is 35.5. The molecule has 0 saturated heterocycles. The number of methoxy groups -OCH3 is 1. The second-order valence-electron chi connectivity index (χ2n) is 5.15. The summed E-state index contributed by atoms with van der Waals surface area (Å²) in [5.74, 6) is -0.0852. The van der Waals surface area contributed by atoms with Crippen LogP contribution in [0, 0.1) is 0 Å². The van der Waals surface area contributed by atoms with E-state index in [2.05, 4.69) is 5.32 Å². The van der Waals surface area contributed by atoms with Crippen molar-refractivity contribution in [2.75, 3.05) is 13.7 Å². The third kappa shape index (κ3) is 4.58. The minimum absolute atomic E-state index is 0.249. The van der Waals surface area contributed by atoms with E-state index in [1.807, 2.05) is 0 Å². The molecular formula is C16H17Cl2N3O4. The fourth-order valence-corrected chi connectivity index (χ4v) is 2.50. The number of rotatable bonds is 7. The molecule has 0 saturated carbocycles. The molecule has 3 N–H and O–H groups in total. The number of hydrogen-bond donors (Lipinski definition) is 2. The summed E-state index contributed by atoms with van der Waals surface area (Å²) in [6, 6.07) is 6.58. The van der Waals surface area contributed by atoms with Crippen molar-refractivity contribution in [3.63, 3.8) is 0 Å². The third-order valence-electron chi connectivity index (χ3n) is 3.40. The van der Waals surface area contributed by atoms with Gasteiger partial charge in [0.05, 0.1) is 12.1 Å². The molecule has 2 aromatic rings. The van der Waals surface area contributed by atoms with Gasteiger partial charge < -0.3 is 25.1 Å². The minimum Gasteiger partial charge on any atom is -0.493 e. The summed E-state index contributed by atoms with van der Waals surface area (Å²) in [7, 11) is 3.12. The molecule has 7 nitrogen and oxygen atoms in total. The molecule has 0 unspecified atom stereocenters. The first-order valence-corrected chi connectivity index (χ1v) is 7.96. The first-order chi connectivity index (χ1) is 11.8. The monoisotopic (exact) mass is 385 g/mol. The Bertz CT molecular complexity index is 805. The van der Waals surface area contributed by atoms with Gasteiger partial charge in [0.1, 0.15) is 10.8 Å². The number of aromatic nitrogens is 1. The first kappa shape index (κ1) is 19.0. The van der Waals surface area contributed by atoms with Gasteiger partial charge in [-0.2, -0.15) is 0 Å². The van der Waals surface area contributed by atoms with E-state index in [1.165, 1.54) is 17.7 Å². The SMILES string of the molecule is COc1cc(CNC(=O)c2cc(Cl)c(Cl)n2C)ccc1OCC(N)=O. The van der Waals surface area contributed by atoms with Crippen molar-refractivity contribution in [3.8, 4) is 11.5 Å². The van der Waals surface area contributed by atoms with E-state index in [9.17, 15) is 9.59 Å². The second-order valence-corrected chi connectivity index (χ2v) is 5.92. The predicted molar refractivity (Wildman–Crippen MR) is 94.3 cm³/mol. The van der Waals surface area contributed by atoms with E-state index in [-0.39, 0.29) is 19.1 Å². The van der Waals surface area contributed by atoms with Gasteiger partial charge in [0.25, 0.3) is 11.8 Å². The molecule has 0 aliphatic heterocycles. The molecule has 0 spiro atoms. The molecule has 25 heavy (non-hydrogen) atoms. The molecule has 0 bridgehead atoms. The van der Waals surface area contributed by atoms with Gasteiger partial charge in [-0.25, -0.2) is 0 Å². The summed E-state index contributed by atoms with van der Waals surface area (Å²) in [4.78, 5) is 23.0. The Labute approximate surface area is 154 Å². The second kappa shape index (κ2) is 8.13. The Hall–Kier alpha value is -2.38. The highest BCUT2D eigenvalue weighted by Gasteiger charge is 2.16. The molecular weight excluding hydrogens is 369 g/mol. The molecule has 9 heteroatoms.